The molecule has 2 aromatic heterocycles. The molecule has 20 heavy (non-hydrogen) atoms. The third-order valence-corrected chi connectivity index (χ3v) is 4.36. The van der Waals surface area contributed by atoms with Gasteiger partial charge in [0.25, 0.3) is 5.91 Å². The minimum Gasteiger partial charge on any atom is -0.358 e. The summed E-state index contributed by atoms with van der Waals surface area (Å²) in [6.07, 6.45) is 1.89. The number of aryl methyl sites for hydroxylation is 3. The van der Waals surface area contributed by atoms with Crippen LogP contribution in [-0.4, -0.2) is 15.5 Å². The normalized spacial score (nSPS) is 12.2. The summed E-state index contributed by atoms with van der Waals surface area (Å²) in [6, 6.07) is 5.66. The van der Waals surface area contributed by atoms with Gasteiger partial charge in [-0.3, -0.25) is 4.79 Å². The highest BCUT2D eigenvalue weighted by Crippen LogP contribution is 2.22. The summed E-state index contributed by atoms with van der Waals surface area (Å²) in [5.41, 5.74) is 3.98. The minimum atomic E-state index is -0.205. The Balaban J connectivity index is 2.09. The minimum absolute atomic E-state index is 0.205. The molecule has 0 unspecified atom stereocenters. The molecule has 5 heteroatoms. The van der Waals surface area contributed by atoms with Crippen LogP contribution < -0.4 is 4.80 Å². The second kappa shape index (κ2) is 4.76. The van der Waals surface area contributed by atoms with Crippen LogP contribution in [0.1, 0.15) is 21.6 Å². The standard InChI is InChI=1S/C15H15N3OS/c1-9-10(2)16-13-5-4-11(8-12(9)13)14(19)17-15-18(3)6-7-20-15/h4-8,16H,1-3H3. The summed E-state index contributed by atoms with van der Waals surface area (Å²) in [6.45, 7) is 4.09. The van der Waals surface area contributed by atoms with Crippen molar-refractivity contribution in [2.75, 3.05) is 0 Å². The smallest absolute Gasteiger partial charge is 0.279 e. The Labute approximate surface area is 120 Å². The Bertz CT molecular complexity index is 867. The van der Waals surface area contributed by atoms with E-state index in [-0.39, 0.29) is 5.91 Å². The first-order chi connectivity index (χ1) is 9.56. The third kappa shape index (κ3) is 2.10. The molecule has 1 N–H and O–H groups in total. The molecule has 0 spiro atoms. The Kier molecular flexibility index (Phi) is 3.06. The largest absolute Gasteiger partial charge is 0.358 e. The van der Waals surface area contributed by atoms with Crippen molar-refractivity contribution in [2.45, 2.75) is 13.8 Å². The van der Waals surface area contributed by atoms with Crippen LogP contribution in [0.2, 0.25) is 0 Å². The molecule has 3 aromatic rings. The zero-order valence-corrected chi connectivity index (χ0v) is 12.4. The quantitative estimate of drug-likeness (QED) is 0.734. The molecule has 0 saturated carbocycles. The van der Waals surface area contributed by atoms with Gasteiger partial charge in [0.15, 0.2) is 4.80 Å². The maximum Gasteiger partial charge on any atom is 0.279 e. The number of carbonyl (C=O) groups excluding carboxylic acids is 1. The van der Waals surface area contributed by atoms with Gasteiger partial charge >= 0.3 is 0 Å². The topological polar surface area (TPSA) is 50.1 Å². The molecule has 4 nitrogen and oxygen atoms in total. The van der Waals surface area contributed by atoms with E-state index < -0.39 is 0 Å². The van der Waals surface area contributed by atoms with Gasteiger partial charge in [0, 0.05) is 40.8 Å². The lowest BCUT2D eigenvalue weighted by atomic mass is 10.1. The summed E-state index contributed by atoms with van der Waals surface area (Å²) in [4.78, 5) is 20.4. The van der Waals surface area contributed by atoms with E-state index in [0.717, 1.165) is 16.6 Å². The molecule has 2 heterocycles. The Morgan fingerprint density at radius 1 is 1.35 bits per heavy atom. The monoisotopic (exact) mass is 285 g/mol. The van der Waals surface area contributed by atoms with Gasteiger partial charge in [-0.2, -0.15) is 4.99 Å². The fraction of sp³-hybridized carbons (Fsp3) is 0.200. The molecule has 3 rings (SSSR count). The number of thiazole rings is 1. The van der Waals surface area contributed by atoms with Gasteiger partial charge in [0.05, 0.1) is 0 Å². The maximum atomic E-state index is 12.2. The van der Waals surface area contributed by atoms with Gasteiger partial charge in [-0.25, -0.2) is 0 Å². The van der Waals surface area contributed by atoms with Crippen LogP contribution in [0.5, 0.6) is 0 Å². The number of hydrogen-bond donors (Lipinski definition) is 1. The van der Waals surface area contributed by atoms with E-state index in [1.165, 1.54) is 16.9 Å². The molecule has 102 valence electrons. The van der Waals surface area contributed by atoms with Crippen molar-refractivity contribution in [1.82, 2.24) is 9.55 Å². The molecule has 0 bridgehead atoms. The van der Waals surface area contributed by atoms with Gasteiger partial charge in [-0.15, -0.1) is 11.3 Å². The highest BCUT2D eigenvalue weighted by atomic mass is 32.1. The van der Waals surface area contributed by atoms with Crippen LogP contribution in [0.3, 0.4) is 0 Å². The number of rotatable bonds is 1. The van der Waals surface area contributed by atoms with Crippen molar-refractivity contribution < 1.29 is 4.79 Å². The number of nitrogens with one attached hydrogen (secondary N) is 1. The number of aromatic amines is 1. The molecule has 0 atom stereocenters. The molecule has 1 aromatic carbocycles. The highest BCUT2D eigenvalue weighted by molar-refractivity contribution is 7.07. The second-order valence-corrected chi connectivity index (χ2v) is 5.72. The fourth-order valence-corrected chi connectivity index (χ4v) is 2.91. The van der Waals surface area contributed by atoms with E-state index in [0.29, 0.717) is 10.4 Å². The molecule has 0 saturated heterocycles. The van der Waals surface area contributed by atoms with Crippen molar-refractivity contribution in [1.29, 1.82) is 0 Å². The molecular weight excluding hydrogens is 270 g/mol. The van der Waals surface area contributed by atoms with Crippen LogP contribution >= 0.6 is 11.3 Å². The van der Waals surface area contributed by atoms with Crippen LogP contribution in [0.15, 0.2) is 34.8 Å². The van der Waals surface area contributed by atoms with Crippen LogP contribution in [0.25, 0.3) is 10.9 Å². The van der Waals surface area contributed by atoms with Crippen molar-refractivity contribution >= 4 is 28.1 Å². The lowest BCUT2D eigenvalue weighted by molar-refractivity contribution is 0.0998. The first-order valence-corrected chi connectivity index (χ1v) is 7.22. The Hall–Kier alpha value is -2.14. The molecule has 0 radical (unpaired) electrons. The van der Waals surface area contributed by atoms with E-state index in [4.69, 9.17) is 0 Å². The van der Waals surface area contributed by atoms with Crippen molar-refractivity contribution in [3.63, 3.8) is 0 Å². The van der Waals surface area contributed by atoms with Crippen molar-refractivity contribution in [3.8, 4) is 0 Å². The van der Waals surface area contributed by atoms with E-state index >= 15 is 0 Å². The van der Waals surface area contributed by atoms with E-state index in [1.807, 2.05) is 48.3 Å². The van der Waals surface area contributed by atoms with E-state index in [1.54, 1.807) is 0 Å². The summed E-state index contributed by atoms with van der Waals surface area (Å²) in [5, 5.41) is 2.99. The second-order valence-electron chi connectivity index (χ2n) is 4.85. The lowest BCUT2D eigenvalue weighted by Crippen LogP contribution is -2.12. The number of carbonyl (C=O) groups is 1. The van der Waals surface area contributed by atoms with Gasteiger partial charge in [0.1, 0.15) is 0 Å². The number of H-pyrrole nitrogens is 1. The van der Waals surface area contributed by atoms with Gasteiger partial charge in [0.2, 0.25) is 0 Å². The van der Waals surface area contributed by atoms with E-state index in [2.05, 4.69) is 16.9 Å². The molecular formula is C15H15N3OS. The van der Waals surface area contributed by atoms with Crippen molar-refractivity contribution in [2.24, 2.45) is 12.0 Å². The average Bonchev–Trinajstić information content (AvgIpc) is 2.95. The number of amides is 1. The van der Waals surface area contributed by atoms with Crippen LogP contribution in [-0.2, 0) is 7.05 Å². The summed E-state index contributed by atoms with van der Waals surface area (Å²) in [5.74, 6) is -0.205. The zero-order chi connectivity index (χ0) is 14.3. The molecule has 0 aliphatic carbocycles. The predicted octanol–water partition coefficient (Wildman–Crippen LogP) is 2.93. The highest BCUT2D eigenvalue weighted by Gasteiger charge is 2.09. The summed E-state index contributed by atoms with van der Waals surface area (Å²) in [7, 11) is 1.88. The number of nitrogens with zero attached hydrogens (tertiary/aromatic N) is 2. The van der Waals surface area contributed by atoms with Gasteiger partial charge in [-0.05, 0) is 37.6 Å². The van der Waals surface area contributed by atoms with Crippen LogP contribution in [0, 0.1) is 13.8 Å². The average molecular weight is 285 g/mol. The van der Waals surface area contributed by atoms with Crippen LogP contribution in [0.4, 0.5) is 0 Å². The zero-order valence-electron chi connectivity index (χ0n) is 11.6. The molecule has 0 aliphatic heterocycles. The maximum absolute atomic E-state index is 12.2. The number of aromatic nitrogens is 2. The van der Waals surface area contributed by atoms with Crippen molar-refractivity contribution in [3.05, 3.63) is 51.4 Å². The molecule has 0 aliphatic rings. The number of benzene rings is 1. The lowest BCUT2D eigenvalue weighted by Gasteiger charge is -1.97. The third-order valence-electron chi connectivity index (χ3n) is 3.51. The molecule has 1 amide bonds. The Morgan fingerprint density at radius 3 is 2.85 bits per heavy atom. The summed E-state index contributed by atoms with van der Waals surface area (Å²) < 4.78 is 1.84. The SMILES string of the molecule is Cc1[nH]c2ccc(C(=O)N=c3sccn3C)cc2c1C. The van der Waals surface area contributed by atoms with E-state index in [9.17, 15) is 4.79 Å². The Morgan fingerprint density at radius 2 is 2.15 bits per heavy atom. The van der Waals surface area contributed by atoms with Gasteiger partial charge in [-0.1, -0.05) is 0 Å². The fourth-order valence-electron chi connectivity index (χ4n) is 2.18. The molecule has 0 fully saturated rings. The van der Waals surface area contributed by atoms with Gasteiger partial charge < -0.3 is 9.55 Å². The first kappa shape index (κ1) is 12.9. The number of fused-ring (bicyclic) bond motifs is 1. The number of hydrogen-bond acceptors (Lipinski definition) is 2. The predicted molar refractivity (Wildman–Crippen MR) is 81.0 cm³/mol. The summed E-state index contributed by atoms with van der Waals surface area (Å²) >= 11 is 1.45. The first-order valence-electron chi connectivity index (χ1n) is 6.34.